The monoisotopic (exact) mass is 237 g/mol. The van der Waals surface area contributed by atoms with Crippen molar-refractivity contribution in [3.05, 3.63) is 11.9 Å². The van der Waals surface area contributed by atoms with Crippen LogP contribution in [-0.4, -0.2) is 57.4 Å². The number of aromatic nitrogens is 3. The molecular weight excluding hydrogens is 218 g/mol. The zero-order valence-electron chi connectivity index (χ0n) is 10.6. The number of aryl methyl sites for hydroxylation is 1. The lowest BCUT2D eigenvalue weighted by atomic mass is 9.93. The van der Waals surface area contributed by atoms with Gasteiger partial charge in [0.25, 0.3) is 0 Å². The van der Waals surface area contributed by atoms with Crippen LogP contribution in [-0.2, 0) is 7.05 Å². The molecule has 0 amide bonds. The van der Waals surface area contributed by atoms with Crippen molar-refractivity contribution in [2.24, 2.45) is 7.05 Å². The van der Waals surface area contributed by atoms with Gasteiger partial charge in [0.05, 0.1) is 11.7 Å². The molecule has 1 aromatic rings. The number of carbonyl (C=O) groups excluding carboxylic acids is 1. The number of ketones is 1. The number of nitrogens with zero attached hydrogens (tertiary/aromatic N) is 4. The van der Waals surface area contributed by atoms with E-state index in [-0.39, 0.29) is 5.78 Å². The van der Waals surface area contributed by atoms with E-state index in [2.05, 4.69) is 20.5 Å². The van der Waals surface area contributed by atoms with E-state index in [9.17, 15) is 4.79 Å². The maximum absolute atomic E-state index is 12.5. The minimum absolute atomic E-state index is 0.0758. The van der Waals surface area contributed by atoms with E-state index in [1.165, 1.54) is 10.9 Å². The molecule has 2 rings (SSSR count). The molecule has 1 saturated heterocycles. The number of hydrogen-bond acceptors (Lipinski definition) is 5. The van der Waals surface area contributed by atoms with Crippen LogP contribution in [0.1, 0.15) is 24.3 Å². The van der Waals surface area contributed by atoms with E-state index in [1.807, 2.05) is 13.8 Å². The van der Waals surface area contributed by atoms with Crippen LogP contribution in [0.5, 0.6) is 0 Å². The van der Waals surface area contributed by atoms with Gasteiger partial charge in [-0.2, -0.15) is 0 Å². The summed E-state index contributed by atoms with van der Waals surface area (Å²) in [6.45, 7) is 7.58. The molecule has 6 nitrogen and oxygen atoms in total. The van der Waals surface area contributed by atoms with E-state index >= 15 is 0 Å². The minimum Gasteiger partial charge on any atom is -0.314 e. The SMILES string of the molecule is Cn1nncc1C(=O)C(C)(C)N1CCNCC1. The second-order valence-corrected chi connectivity index (χ2v) is 4.87. The molecule has 0 aromatic carbocycles. The summed E-state index contributed by atoms with van der Waals surface area (Å²) < 4.78 is 1.53. The molecule has 17 heavy (non-hydrogen) atoms. The van der Waals surface area contributed by atoms with Crippen LogP contribution in [0.2, 0.25) is 0 Å². The van der Waals surface area contributed by atoms with Gasteiger partial charge in [-0.3, -0.25) is 9.69 Å². The van der Waals surface area contributed by atoms with Crippen molar-refractivity contribution in [3.63, 3.8) is 0 Å². The summed E-state index contributed by atoms with van der Waals surface area (Å²) in [7, 11) is 1.74. The first-order chi connectivity index (χ1) is 8.03. The van der Waals surface area contributed by atoms with Crippen molar-refractivity contribution in [2.45, 2.75) is 19.4 Å². The molecular formula is C11H19N5O. The molecule has 94 valence electrons. The molecule has 0 radical (unpaired) electrons. The van der Waals surface area contributed by atoms with Gasteiger partial charge in [0.1, 0.15) is 5.69 Å². The molecule has 1 aliphatic rings. The maximum atomic E-state index is 12.5. The van der Waals surface area contributed by atoms with Gasteiger partial charge in [-0.25, -0.2) is 4.68 Å². The van der Waals surface area contributed by atoms with E-state index in [0.29, 0.717) is 5.69 Å². The van der Waals surface area contributed by atoms with Crippen molar-refractivity contribution >= 4 is 5.78 Å². The summed E-state index contributed by atoms with van der Waals surface area (Å²) in [6.07, 6.45) is 1.53. The van der Waals surface area contributed by atoms with Gasteiger partial charge in [0.15, 0.2) is 0 Å². The Kier molecular flexibility index (Phi) is 3.26. The second kappa shape index (κ2) is 4.54. The number of hydrogen-bond donors (Lipinski definition) is 1. The van der Waals surface area contributed by atoms with Gasteiger partial charge in [0, 0.05) is 33.2 Å². The molecule has 0 bridgehead atoms. The number of carbonyl (C=O) groups is 1. The van der Waals surface area contributed by atoms with Crippen molar-refractivity contribution in [1.29, 1.82) is 0 Å². The fourth-order valence-corrected chi connectivity index (χ4v) is 2.18. The Morgan fingerprint density at radius 1 is 1.41 bits per heavy atom. The van der Waals surface area contributed by atoms with Gasteiger partial charge < -0.3 is 5.32 Å². The van der Waals surface area contributed by atoms with Gasteiger partial charge >= 0.3 is 0 Å². The predicted octanol–water partition coefficient (Wildman–Crippen LogP) is -0.318. The van der Waals surface area contributed by atoms with E-state index in [4.69, 9.17) is 0 Å². The van der Waals surface area contributed by atoms with Crippen LogP contribution in [0.4, 0.5) is 0 Å². The van der Waals surface area contributed by atoms with Gasteiger partial charge in [-0.05, 0) is 13.8 Å². The molecule has 0 atom stereocenters. The number of nitrogens with one attached hydrogen (secondary N) is 1. The quantitative estimate of drug-likeness (QED) is 0.730. The minimum atomic E-state index is -0.502. The average molecular weight is 237 g/mol. The predicted molar refractivity (Wildman–Crippen MR) is 63.9 cm³/mol. The standard InChI is InChI=1S/C11H19N5O/c1-11(2,16-6-4-12-5-7-16)10(17)9-8-13-14-15(9)3/h8,12H,4-7H2,1-3H3. The fourth-order valence-electron chi connectivity index (χ4n) is 2.18. The Bertz CT molecular complexity index is 406. The maximum Gasteiger partial charge on any atom is 0.202 e. The molecule has 0 unspecified atom stereocenters. The first-order valence-corrected chi connectivity index (χ1v) is 5.88. The summed E-state index contributed by atoms with van der Waals surface area (Å²) in [4.78, 5) is 14.7. The van der Waals surface area contributed by atoms with Crippen LogP contribution in [0.15, 0.2) is 6.20 Å². The summed E-state index contributed by atoms with van der Waals surface area (Å²) in [5.41, 5.74) is 0.0610. The van der Waals surface area contributed by atoms with Crippen LogP contribution >= 0.6 is 0 Å². The van der Waals surface area contributed by atoms with Gasteiger partial charge in [0.2, 0.25) is 5.78 Å². The van der Waals surface area contributed by atoms with Crippen LogP contribution in [0.25, 0.3) is 0 Å². The highest BCUT2D eigenvalue weighted by Crippen LogP contribution is 2.20. The molecule has 2 heterocycles. The second-order valence-electron chi connectivity index (χ2n) is 4.87. The number of rotatable bonds is 3. The number of piperazine rings is 1. The van der Waals surface area contributed by atoms with Crippen molar-refractivity contribution < 1.29 is 4.79 Å². The highest BCUT2D eigenvalue weighted by molar-refractivity contribution is 6.01. The third-order valence-corrected chi connectivity index (χ3v) is 3.41. The highest BCUT2D eigenvalue weighted by atomic mass is 16.1. The third-order valence-electron chi connectivity index (χ3n) is 3.41. The van der Waals surface area contributed by atoms with Gasteiger partial charge in [-0.15, -0.1) is 5.10 Å². The lowest BCUT2D eigenvalue weighted by Gasteiger charge is -2.39. The molecule has 1 fully saturated rings. The fraction of sp³-hybridized carbons (Fsp3) is 0.727. The first kappa shape index (κ1) is 12.2. The molecule has 6 heteroatoms. The van der Waals surface area contributed by atoms with Crippen LogP contribution in [0, 0.1) is 0 Å². The van der Waals surface area contributed by atoms with E-state index < -0.39 is 5.54 Å². The lowest BCUT2D eigenvalue weighted by molar-refractivity contribution is 0.0592. The highest BCUT2D eigenvalue weighted by Gasteiger charge is 2.37. The van der Waals surface area contributed by atoms with Crippen LogP contribution < -0.4 is 5.32 Å². The van der Waals surface area contributed by atoms with Gasteiger partial charge in [-0.1, -0.05) is 5.21 Å². The summed E-state index contributed by atoms with van der Waals surface area (Å²) >= 11 is 0. The van der Waals surface area contributed by atoms with Crippen molar-refractivity contribution in [3.8, 4) is 0 Å². The Morgan fingerprint density at radius 2 is 2.06 bits per heavy atom. The van der Waals surface area contributed by atoms with Crippen molar-refractivity contribution in [2.75, 3.05) is 26.2 Å². The van der Waals surface area contributed by atoms with E-state index in [0.717, 1.165) is 26.2 Å². The molecule has 1 N–H and O–H groups in total. The molecule has 0 spiro atoms. The largest absolute Gasteiger partial charge is 0.314 e. The average Bonchev–Trinajstić information content (AvgIpc) is 2.75. The lowest BCUT2D eigenvalue weighted by Crippen LogP contribution is -2.57. The normalized spacial score (nSPS) is 18.3. The Hall–Kier alpha value is -1.27. The third kappa shape index (κ3) is 2.23. The molecule has 0 aliphatic carbocycles. The Labute approximate surface area is 101 Å². The summed E-state index contributed by atoms with van der Waals surface area (Å²) in [5.74, 6) is 0.0758. The Morgan fingerprint density at radius 3 is 2.59 bits per heavy atom. The zero-order valence-corrected chi connectivity index (χ0v) is 10.6. The molecule has 1 aromatic heterocycles. The summed E-state index contributed by atoms with van der Waals surface area (Å²) in [6, 6.07) is 0. The van der Waals surface area contributed by atoms with E-state index in [1.54, 1.807) is 7.05 Å². The molecule has 1 aliphatic heterocycles. The topological polar surface area (TPSA) is 63.1 Å². The van der Waals surface area contributed by atoms with Crippen LogP contribution in [0.3, 0.4) is 0 Å². The molecule has 0 saturated carbocycles. The smallest absolute Gasteiger partial charge is 0.202 e. The zero-order chi connectivity index (χ0) is 12.5. The number of Topliss-reactive ketones (excluding diaryl/α,β-unsaturated/α-hetero) is 1. The first-order valence-electron chi connectivity index (χ1n) is 5.88. The Balaban J connectivity index is 2.19. The van der Waals surface area contributed by atoms with Crippen molar-refractivity contribution in [1.82, 2.24) is 25.2 Å². The summed E-state index contributed by atoms with van der Waals surface area (Å²) in [5, 5.41) is 10.9.